The molecule has 0 spiro atoms. The molecule has 0 bridgehead atoms. The topological polar surface area (TPSA) is 63.3 Å². The number of carboxylic acids is 1. The predicted molar refractivity (Wildman–Crippen MR) is 63.9 cm³/mol. The van der Waals surface area contributed by atoms with Crippen molar-refractivity contribution in [2.75, 3.05) is 0 Å². The highest BCUT2D eigenvalue weighted by Gasteiger charge is 2.21. The maximum atomic E-state index is 11.0. The Balaban J connectivity index is 2.59. The van der Waals surface area contributed by atoms with Crippen LogP contribution in [0.2, 0.25) is 0 Å². The highest BCUT2D eigenvalue weighted by Crippen LogP contribution is 2.36. The first-order valence-electron chi connectivity index (χ1n) is 4.59. The van der Waals surface area contributed by atoms with Gasteiger partial charge >= 0.3 is 5.97 Å². The van der Waals surface area contributed by atoms with Crippen LogP contribution in [0.4, 0.5) is 0 Å². The summed E-state index contributed by atoms with van der Waals surface area (Å²) < 4.78 is 6.00. The van der Waals surface area contributed by atoms with Crippen LogP contribution >= 0.6 is 27.3 Å². The zero-order valence-corrected chi connectivity index (χ0v) is 10.8. The highest BCUT2D eigenvalue weighted by atomic mass is 79.9. The van der Waals surface area contributed by atoms with E-state index in [1.165, 1.54) is 17.6 Å². The van der Waals surface area contributed by atoms with Gasteiger partial charge in [0.2, 0.25) is 0 Å². The molecule has 0 atom stereocenters. The fourth-order valence-corrected chi connectivity index (χ4v) is 2.80. The third-order valence-corrected chi connectivity index (χ3v) is 3.82. The maximum absolute atomic E-state index is 11.0. The van der Waals surface area contributed by atoms with E-state index in [9.17, 15) is 4.79 Å². The zero-order valence-electron chi connectivity index (χ0n) is 8.36. The molecule has 0 unspecified atom stereocenters. The average molecular weight is 302 g/mol. The van der Waals surface area contributed by atoms with Crippen molar-refractivity contribution in [3.05, 3.63) is 27.5 Å². The van der Waals surface area contributed by atoms with E-state index >= 15 is 0 Å². The molecule has 0 amide bonds. The lowest BCUT2D eigenvalue weighted by Gasteiger charge is -1.94. The van der Waals surface area contributed by atoms with E-state index in [4.69, 9.17) is 9.52 Å². The molecule has 2 aromatic heterocycles. The van der Waals surface area contributed by atoms with Crippen molar-refractivity contribution >= 4 is 33.2 Å². The van der Waals surface area contributed by atoms with Gasteiger partial charge < -0.3 is 9.52 Å². The summed E-state index contributed by atoms with van der Waals surface area (Å²) in [6, 6.07) is 1.73. The van der Waals surface area contributed by atoms with Gasteiger partial charge in [-0.05, 0) is 28.4 Å². The van der Waals surface area contributed by atoms with Crippen LogP contribution in [0.3, 0.4) is 0 Å². The lowest BCUT2D eigenvalue weighted by Crippen LogP contribution is -1.98. The van der Waals surface area contributed by atoms with Gasteiger partial charge in [-0.3, -0.25) is 0 Å². The van der Waals surface area contributed by atoms with Crippen LogP contribution in [0.15, 0.2) is 21.2 Å². The predicted octanol–water partition coefficient (Wildman–Crippen LogP) is 3.43. The summed E-state index contributed by atoms with van der Waals surface area (Å²) in [6.07, 6.45) is 2.22. The Labute approximate surface area is 104 Å². The summed E-state index contributed by atoms with van der Waals surface area (Å²) in [5, 5.41) is 9.84. The lowest BCUT2D eigenvalue weighted by atomic mass is 10.3. The Hall–Kier alpha value is -1.14. The number of furan rings is 1. The van der Waals surface area contributed by atoms with Crippen molar-refractivity contribution < 1.29 is 14.3 Å². The number of carbonyl (C=O) groups is 1. The standard InChI is InChI=1S/C10H8BrNO3S/c1-2-6-12-7(10(13)14)9(16-6)8-5(11)3-4-15-8/h3-4H,2H2,1H3,(H,13,14). The number of aromatic carboxylic acids is 1. The van der Waals surface area contributed by atoms with E-state index in [2.05, 4.69) is 20.9 Å². The molecular weight excluding hydrogens is 294 g/mol. The molecule has 0 aromatic carbocycles. The molecule has 6 heteroatoms. The smallest absolute Gasteiger partial charge is 0.356 e. The summed E-state index contributed by atoms with van der Waals surface area (Å²) in [7, 11) is 0. The minimum Gasteiger partial charge on any atom is -0.476 e. The van der Waals surface area contributed by atoms with Crippen molar-refractivity contribution in [3.8, 4) is 10.6 Å². The summed E-state index contributed by atoms with van der Waals surface area (Å²) >= 11 is 4.65. The molecule has 0 radical (unpaired) electrons. The Morgan fingerprint density at radius 1 is 1.69 bits per heavy atom. The first-order valence-corrected chi connectivity index (χ1v) is 6.20. The number of hydrogen-bond donors (Lipinski definition) is 1. The number of aryl methyl sites for hydroxylation is 1. The van der Waals surface area contributed by atoms with Crippen LogP contribution in [0.5, 0.6) is 0 Å². The maximum Gasteiger partial charge on any atom is 0.356 e. The highest BCUT2D eigenvalue weighted by molar-refractivity contribution is 9.10. The van der Waals surface area contributed by atoms with E-state index in [1.54, 1.807) is 6.07 Å². The van der Waals surface area contributed by atoms with Crippen molar-refractivity contribution in [3.63, 3.8) is 0 Å². The molecule has 0 fully saturated rings. The fourth-order valence-electron chi connectivity index (χ4n) is 1.27. The molecule has 4 nitrogen and oxygen atoms in total. The van der Waals surface area contributed by atoms with Crippen LogP contribution in [-0.2, 0) is 6.42 Å². The number of nitrogens with zero attached hydrogens (tertiary/aromatic N) is 1. The Bertz CT molecular complexity index is 532. The van der Waals surface area contributed by atoms with Crippen molar-refractivity contribution in [2.24, 2.45) is 0 Å². The molecule has 84 valence electrons. The van der Waals surface area contributed by atoms with E-state index in [0.29, 0.717) is 17.1 Å². The Morgan fingerprint density at radius 2 is 2.44 bits per heavy atom. The molecule has 16 heavy (non-hydrogen) atoms. The van der Waals surface area contributed by atoms with E-state index in [1.807, 2.05) is 6.92 Å². The molecule has 2 heterocycles. The monoisotopic (exact) mass is 301 g/mol. The second-order valence-electron chi connectivity index (χ2n) is 3.04. The molecule has 1 N–H and O–H groups in total. The number of rotatable bonds is 3. The number of aromatic nitrogens is 1. The van der Waals surface area contributed by atoms with Crippen molar-refractivity contribution in [1.82, 2.24) is 4.98 Å². The van der Waals surface area contributed by atoms with Crippen LogP contribution in [0.25, 0.3) is 10.6 Å². The minimum atomic E-state index is -1.03. The van der Waals surface area contributed by atoms with Gasteiger partial charge in [0.1, 0.15) is 4.88 Å². The Morgan fingerprint density at radius 3 is 2.94 bits per heavy atom. The molecule has 0 saturated heterocycles. The second kappa shape index (κ2) is 4.39. The van der Waals surface area contributed by atoms with Crippen LogP contribution in [-0.4, -0.2) is 16.1 Å². The molecule has 0 aliphatic heterocycles. The third-order valence-electron chi connectivity index (χ3n) is 2.00. The van der Waals surface area contributed by atoms with E-state index in [0.717, 1.165) is 9.48 Å². The SMILES string of the molecule is CCc1nc(C(=O)O)c(-c2occc2Br)s1. The summed E-state index contributed by atoms with van der Waals surface area (Å²) in [5.74, 6) is -0.510. The van der Waals surface area contributed by atoms with Gasteiger partial charge in [-0.25, -0.2) is 9.78 Å². The third kappa shape index (κ3) is 1.90. The fraction of sp³-hybridized carbons (Fsp3) is 0.200. The molecule has 2 rings (SSSR count). The largest absolute Gasteiger partial charge is 0.476 e. The molecule has 0 aliphatic rings. The quantitative estimate of drug-likeness (QED) is 0.943. The van der Waals surface area contributed by atoms with E-state index in [-0.39, 0.29) is 5.69 Å². The zero-order chi connectivity index (χ0) is 11.7. The summed E-state index contributed by atoms with van der Waals surface area (Å²) in [4.78, 5) is 15.7. The van der Waals surface area contributed by atoms with Crippen LogP contribution < -0.4 is 0 Å². The van der Waals surface area contributed by atoms with Crippen LogP contribution in [0, 0.1) is 0 Å². The number of thiazole rings is 1. The van der Waals surface area contributed by atoms with E-state index < -0.39 is 5.97 Å². The molecule has 2 aromatic rings. The first kappa shape index (κ1) is 11.3. The van der Waals surface area contributed by atoms with Crippen molar-refractivity contribution in [2.45, 2.75) is 13.3 Å². The summed E-state index contributed by atoms with van der Waals surface area (Å²) in [6.45, 7) is 1.94. The van der Waals surface area contributed by atoms with Crippen LogP contribution in [0.1, 0.15) is 22.4 Å². The van der Waals surface area contributed by atoms with Gasteiger partial charge in [0.25, 0.3) is 0 Å². The first-order chi connectivity index (χ1) is 7.63. The molecule has 0 saturated carbocycles. The number of carboxylic acid groups (broad SMARTS) is 1. The van der Waals surface area contributed by atoms with Crippen molar-refractivity contribution in [1.29, 1.82) is 0 Å². The summed E-state index contributed by atoms with van der Waals surface area (Å²) in [5.41, 5.74) is 0.0532. The molecular formula is C10H8BrNO3S. The van der Waals surface area contributed by atoms with Gasteiger partial charge in [-0.1, -0.05) is 6.92 Å². The second-order valence-corrected chi connectivity index (χ2v) is 4.98. The Kier molecular flexibility index (Phi) is 3.11. The minimum absolute atomic E-state index is 0.0532. The van der Waals surface area contributed by atoms with Gasteiger partial charge in [-0.15, -0.1) is 11.3 Å². The van der Waals surface area contributed by atoms with Gasteiger partial charge in [0.05, 0.1) is 15.7 Å². The van der Waals surface area contributed by atoms with Gasteiger partial charge in [0.15, 0.2) is 11.5 Å². The van der Waals surface area contributed by atoms with Gasteiger partial charge in [-0.2, -0.15) is 0 Å². The normalized spacial score (nSPS) is 10.6. The number of hydrogen-bond acceptors (Lipinski definition) is 4. The average Bonchev–Trinajstić information content (AvgIpc) is 2.82. The molecule has 0 aliphatic carbocycles. The lowest BCUT2D eigenvalue weighted by molar-refractivity contribution is 0.0692. The van der Waals surface area contributed by atoms with Gasteiger partial charge in [0, 0.05) is 0 Å². The number of halogens is 1.